The van der Waals surface area contributed by atoms with E-state index in [1.165, 1.54) is 0 Å². The lowest BCUT2D eigenvalue weighted by Crippen LogP contribution is -2.33. The predicted octanol–water partition coefficient (Wildman–Crippen LogP) is 1.53. The van der Waals surface area contributed by atoms with E-state index < -0.39 is 11.7 Å². The molecular weight excluding hydrogens is 336 g/mol. The molecule has 0 aliphatic heterocycles. The van der Waals surface area contributed by atoms with Gasteiger partial charge >= 0.3 is 5.97 Å². The Balaban J connectivity index is 2.29. The van der Waals surface area contributed by atoms with Crippen LogP contribution in [0.15, 0.2) is 0 Å². The van der Waals surface area contributed by atoms with Crippen LogP contribution in [0.25, 0.3) is 0 Å². The summed E-state index contributed by atoms with van der Waals surface area (Å²) >= 11 is 0. The summed E-state index contributed by atoms with van der Waals surface area (Å²) < 4.78 is 5.37. The maximum atomic E-state index is 12.1. The lowest BCUT2D eigenvalue weighted by Gasteiger charge is -2.22. The minimum atomic E-state index is -0.621. The summed E-state index contributed by atoms with van der Waals surface area (Å²) in [5, 5.41) is 15.7. The summed E-state index contributed by atoms with van der Waals surface area (Å²) in [6, 6.07) is 0.0955. The second kappa shape index (κ2) is 9.90. The van der Waals surface area contributed by atoms with Crippen LogP contribution in [0.3, 0.4) is 0 Å². The van der Waals surface area contributed by atoms with Crippen LogP contribution in [0, 0.1) is 11.8 Å². The largest absolute Gasteiger partial charge is 0.460 e. The number of nitrogens with one attached hydrogen (secondary N) is 2. The molecule has 7 nitrogen and oxygen atoms in total. The zero-order chi connectivity index (χ0) is 19.9. The first-order chi connectivity index (χ1) is 12.0. The molecule has 7 heteroatoms. The van der Waals surface area contributed by atoms with Crippen molar-refractivity contribution in [2.24, 2.45) is 11.8 Å². The molecule has 0 heterocycles. The van der Waals surface area contributed by atoms with Crippen LogP contribution in [-0.2, 0) is 19.1 Å². The highest BCUT2D eigenvalue weighted by Gasteiger charge is 2.38. The minimum Gasteiger partial charge on any atom is -0.460 e. The topological polar surface area (TPSA) is 105 Å². The number of carbonyl (C=O) groups is 3. The third-order valence-electron chi connectivity index (χ3n) is 4.22. The summed E-state index contributed by atoms with van der Waals surface area (Å²) in [6.45, 7) is 9.56. The van der Waals surface area contributed by atoms with E-state index in [1.807, 2.05) is 34.6 Å². The van der Waals surface area contributed by atoms with Gasteiger partial charge in [-0.15, -0.1) is 0 Å². The van der Waals surface area contributed by atoms with E-state index in [-0.39, 0.29) is 42.1 Å². The zero-order valence-electron chi connectivity index (χ0n) is 16.6. The van der Waals surface area contributed by atoms with Crippen molar-refractivity contribution in [3.8, 4) is 0 Å². The Labute approximate surface area is 156 Å². The summed E-state index contributed by atoms with van der Waals surface area (Å²) in [5.74, 6) is -0.970. The van der Waals surface area contributed by atoms with Crippen LogP contribution in [-0.4, -0.2) is 47.2 Å². The lowest BCUT2D eigenvalue weighted by atomic mass is 10.0. The molecule has 150 valence electrons. The van der Waals surface area contributed by atoms with Gasteiger partial charge < -0.3 is 20.5 Å². The van der Waals surface area contributed by atoms with Gasteiger partial charge in [-0.3, -0.25) is 14.4 Å². The van der Waals surface area contributed by atoms with Gasteiger partial charge in [0, 0.05) is 31.3 Å². The molecule has 3 atom stereocenters. The van der Waals surface area contributed by atoms with E-state index in [2.05, 4.69) is 10.6 Å². The molecule has 0 aromatic heterocycles. The van der Waals surface area contributed by atoms with E-state index in [4.69, 9.17) is 4.74 Å². The first-order valence-corrected chi connectivity index (χ1v) is 9.45. The molecule has 1 aliphatic rings. The molecule has 26 heavy (non-hydrogen) atoms. The Bertz CT molecular complexity index is 499. The number of aliphatic hydroxyl groups is 1. The lowest BCUT2D eigenvalue weighted by molar-refractivity contribution is -0.160. The molecule has 0 aromatic rings. The molecule has 0 saturated heterocycles. The van der Waals surface area contributed by atoms with Crippen molar-refractivity contribution in [1.82, 2.24) is 10.6 Å². The molecule has 2 amide bonds. The molecular formula is C19H34N2O5. The monoisotopic (exact) mass is 370 g/mol. The quantitative estimate of drug-likeness (QED) is 0.562. The van der Waals surface area contributed by atoms with Crippen LogP contribution in [0.4, 0.5) is 0 Å². The highest BCUT2D eigenvalue weighted by Crippen LogP contribution is 2.32. The van der Waals surface area contributed by atoms with Crippen molar-refractivity contribution in [3.63, 3.8) is 0 Å². The summed E-state index contributed by atoms with van der Waals surface area (Å²) in [6.07, 6.45) is 1.32. The molecule has 0 aromatic carbocycles. The van der Waals surface area contributed by atoms with Gasteiger partial charge in [-0.25, -0.2) is 0 Å². The molecule has 0 unspecified atom stereocenters. The second-order valence-electron chi connectivity index (χ2n) is 8.41. The van der Waals surface area contributed by atoms with E-state index in [9.17, 15) is 19.5 Å². The summed E-state index contributed by atoms with van der Waals surface area (Å²) in [7, 11) is 0. The van der Waals surface area contributed by atoms with Crippen molar-refractivity contribution in [3.05, 3.63) is 0 Å². The molecule has 3 N–H and O–H groups in total. The number of hydrogen-bond donors (Lipinski definition) is 3. The van der Waals surface area contributed by atoms with E-state index in [0.29, 0.717) is 32.2 Å². The normalized spacial score (nSPS) is 23.0. The molecule has 1 fully saturated rings. The van der Waals surface area contributed by atoms with Gasteiger partial charge in [0.1, 0.15) is 5.60 Å². The van der Waals surface area contributed by atoms with Crippen molar-refractivity contribution < 1.29 is 24.2 Å². The average Bonchev–Trinajstić information content (AvgIpc) is 2.84. The number of esters is 1. The number of aliphatic hydroxyl groups excluding tert-OH is 1. The average molecular weight is 370 g/mol. The van der Waals surface area contributed by atoms with Gasteiger partial charge in [-0.1, -0.05) is 0 Å². The second-order valence-corrected chi connectivity index (χ2v) is 8.41. The van der Waals surface area contributed by atoms with Crippen LogP contribution in [0.5, 0.6) is 0 Å². The van der Waals surface area contributed by atoms with Gasteiger partial charge in [0.25, 0.3) is 0 Å². The highest BCUT2D eigenvalue weighted by atomic mass is 16.6. The first-order valence-electron chi connectivity index (χ1n) is 9.45. The Kier molecular flexibility index (Phi) is 8.53. The third kappa shape index (κ3) is 8.65. The molecule has 0 spiro atoms. The number of ether oxygens (including phenoxy) is 1. The van der Waals surface area contributed by atoms with E-state index in [1.54, 1.807) is 0 Å². The van der Waals surface area contributed by atoms with Crippen LogP contribution in [0.2, 0.25) is 0 Å². The van der Waals surface area contributed by atoms with Gasteiger partial charge in [0.2, 0.25) is 11.8 Å². The van der Waals surface area contributed by atoms with Gasteiger partial charge in [0.05, 0.1) is 12.0 Å². The fraction of sp³-hybridized carbons (Fsp3) is 0.842. The molecule has 1 aliphatic carbocycles. The SMILES string of the molecule is CC(C)NC(=O)CCCC(=O)NC[C@@H]1C[C@H](C(=O)OC(C)(C)C)C[C@@H]1O. The maximum Gasteiger partial charge on any atom is 0.309 e. The molecule has 0 radical (unpaired) electrons. The van der Waals surface area contributed by atoms with Crippen LogP contribution in [0.1, 0.15) is 66.7 Å². The Morgan fingerprint density at radius 3 is 2.31 bits per heavy atom. The third-order valence-corrected chi connectivity index (χ3v) is 4.22. The highest BCUT2D eigenvalue weighted by molar-refractivity contribution is 5.79. The van der Waals surface area contributed by atoms with Crippen LogP contribution >= 0.6 is 0 Å². The maximum absolute atomic E-state index is 12.1. The number of rotatable bonds is 8. The molecule has 0 bridgehead atoms. The fourth-order valence-corrected chi connectivity index (χ4v) is 3.04. The Morgan fingerprint density at radius 2 is 1.73 bits per heavy atom. The van der Waals surface area contributed by atoms with Crippen molar-refractivity contribution in [2.75, 3.05) is 6.54 Å². The number of carbonyl (C=O) groups excluding carboxylic acids is 3. The van der Waals surface area contributed by atoms with Crippen molar-refractivity contribution >= 4 is 17.8 Å². The Morgan fingerprint density at radius 1 is 1.12 bits per heavy atom. The number of amides is 2. The van der Waals surface area contributed by atoms with Gasteiger partial charge in [0.15, 0.2) is 0 Å². The van der Waals surface area contributed by atoms with Crippen molar-refractivity contribution in [1.29, 1.82) is 0 Å². The first kappa shape index (κ1) is 22.4. The Hall–Kier alpha value is -1.63. The minimum absolute atomic E-state index is 0.0563. The zero-order valence-corrected chi connectivity index (χ0v) is 16.6. The number of hydrogen-bond acceptors (Lipinski definition) is 5. The van der Waals surface area contributed by atoms with E-state index in [0.717, 1.165) is 0 Å². The fourth-order valence-electron chi connectivity index (χ4n) is 3.04. The van der Waals surface area contributed by atoms with Crippen molar-refractivity contribution in [2.45, 2.75) is 84.5 Å². The summed E-state index contributed by atoms with van der Waals surface area (Å²) in [4.78, 5) is 35.5. The smallest absolute Gasteiger partial charge is 0.309 e. The molecule has 1 rings (SSSR count). The molecule has 1 saturated carbocycles. The van der Waals surface area contributed by atoms with Gasteiger partial charge in [-0.2, -0.15) is 0 Å². The van der Waals surface area contributed by atoms with Crippen LogP contribution < -0.4 is 10.6 Å². The predicted molar refractivity (Wildman–Crippen MR) is 98.2 cm³/mol. The summed E-state index contributed by atoms with van der Waals surface area (Å²) in [5.41, 5.74) is -0.545. The standard InChI is InChI=1S/C19H34N2O5/c1-12(2)21-17(24)8-6-7-16(23)20-11-14-9-13(10-15(14)22)18(25)26-19(3,4)5/h12-15,22H,6-11H2,1-5H3,(H,20,23)(H,21,24)/t13-,14-,15-/m0/s1. The van der Waals surface area contributed by atoms with Gasteiger partial charge in [-0.05, 0) is 53.9 Å². The van der Waals surface area contributed by atoms with E-state index >= 15 is 0 Å².